The highest BCUT2D eigenvalue weighted by Gasteiger charge is 2.36. The summed E-state index contributed by atoms with van der Waals surface area (Å²) in [6.07, 6.45) is 2.66. The fourth-order valence-electron chi connectivity index (χ4n) is 4.31. The van der Waals surface area contributed by atoms with Gasteiger partial charge in [0.15, 0.2) is 5.69 Å². The molecule has 1 unspecified atom stereocenters. The van der Waals surface area contributed by atoms with Crippen molar-refractivity contribution in [1.29, 1.82) is 0 Å². The van der Waals surface area contributed by atoms with Crippen molar-refractivity contribution in [3.8, 4) is 23.2 Å². The predicted molar refractivity (Wildman–Crippen MR) is 122 cm³/mol. The Morgan fingerprint density at radius 3 is 2.58 bits per heavy atom. The van der Waals surface area contributed by atoms with Gasteiger partial charge in [0.05, 0.1) is 23.8 Å². The molecule has 8 heteroatoms. The minimum atomic E-state index is -1.28. The largest absolute Gasteiger partial charge is 0.378 e. The van der Waals surface area contributed by atoms with E-state index in [2.05, 4.69) is 16.8 Å². The van der Waals surface area contributed by atoms with Crippen molar-refractivity contribution in [2.24, 2.45) is 5.73 Å². The average molecular weight is 451 g/mol. The Balaban J connectivity index is 1.94. The third kappa shape index (κ3) is 4.05. The smallest absolute Gasteiger partial charge is 0.269 e. The van der Waals surface area contributed by atoms with Crippen molar-refractivity contribution in [2.75, 3.05) is 0 Å². The van der Waals surface area contributed by atoms with Crippen LogP contribution in [0, 0.1) is 17.7 Å². The molecule has 0 fully saturated rings. The summed E-state index contributed by atoms with van der Waals surface area (Å²) in [4.78, 5) is 30.8. The lowest BCUT2D eigenvalue weighted by atomic mass is 9.86. The van der Waals surface area contributed by atoms with Gasteiger partial charge in [0.1, 0.15) is 17.2 Å². The van der Waals surface area contributed by atoms with Gasteiger partial charge in [-0.15, -0.1) is 0 Å². The Hall–Kier alpha value is -3.44. The third-order valence-electron chi connectivity index (χ3n) is 5.94. The summed E-state index contributed by atoms with van der Waals surface area (Å²) in [6.45, 7) is 8.51. The number of aliphatic hydroxyl groups is 1. The zero-order valence-electron chi connectivity index (χ0n) is 19.4. The second kappa shape index (κ2) is 7.85. The van der Waals surface area contributed by atoms with E-state index in [9.17, 15) is 19.1 Å². The molecule has 2 aromatic rings. The van der Waals surface area contributed by atoms with E-state index >= 15 is 0 Å². The van der Waals surface area contributed by atoms with E-state index < -0.39 is 17.3 Å². The quantitative estimate of drug-likeness (QED) is 0.699. The molecule has 172 valence electrons. The number of carbonyl (C=O) groups excluding carboxylic acids is 2. The Labute approximate surface area is 192 Å². The van der Waals surface area contributed by atoms with Crippen molar-refractivity contribution in [3.63, 3.8) is 0 Å². The summed E-state index contributed by atoms with van der Waals surface area (Å²) in [7, 11) is 0. The van der Waals surface area contributed by atoms with Crippen molar-refractivity contribution in [3.05, 3.63) is 46.5 Å². The van der Waals surface area contributed by atoms with Crippen LogP contribution in [-0.2, 0) is 11.3 Å². The first-order chi connectivity index (χ1) is 15.4. The van der Waals surface area contributed by atoms with Gasteiger partial charge in [-0.1, -0.05) is 17.9 Å². The minimum Gasteiger partial charge on any atom is -0.378 e. The van der Waals surface area contributed by atoms with E-state index in [1.54, 1.807) is 11.0 Å². The van der Waals surface area contributed by atoms with Gasteiger partial charge in [0.2, 0.25) is 5.91 Å². The lowest BCUT2D eigenvalue weighted by Crippen LogP contribution is -2.36. The average Bonchev–Trinajstić information content (AvgIpc) is 2.90. The molecular formula is C25H27FN4O3. The molecule has 2 amide bonds. The number of nitrogens with zero attached hydrogens (tertiary/aromatic N) is 3. The molecule has 33 heavy (non-hydrogen) atoms. The van der Waals surface area contributed by atoms with Gasteiger partial charge in [-0.05, 0) is 57.4 Å². The van der Waals surface area contributed by atoms with Gasteiger partial charge in [-0.3, -0.25) is 9.59 Å². The molecule has 1 aromatic heterocycles. The van der Waals surface area contributed by atoms with Gasteiger partial charge < -0.3 is 20.3 Å². The highest BCUT2D eigenvalue weighted by atomic mass is 19.1. The molecule has 2 bridgehead atoms. The molecule has 3 aliphatic rings. The van der Waals surface area contributed by atoms with Crippen LogP contribution in [0.25, 0.3) is 17.0 Å². The lowest BCUT2D eigenvalue weighted by Gasteiger charge is -2.30. The Morgan fingerprint density at radius 2 is 2.03 bits per heavy atom. The van der Waals surface area contributed by atoms with E-state index in [0.29, 0.717) is 29.1 Å². The molecule has 2 aliphatic heterocycles. The van der Waals surface area contributed by atoms with Gasteiger partial charge in [0, 0.05) is 18.5 Å². The molecule has 0 saturated heterocycles. The van der Waals surface area contributed by atoms with Crippen molar-refractivity contribution in [2.45, 2.75) is 65.3 Å². The summed E-state index contributed by atoms with van der Waals surface area (Å²) in [5.74, 6) is 4.53. The number of carbonyl (C=O) groups is 2. The van der Waals surface area contributed by atoms with E-state index in [-0.39, 0.29) is 35.8 Å². The maximum absolute atomic E-state index is 14.9. The third-order valence-corrected chi connectivity index (χ3v) is 5.94. The number of hydrogen-bond acceptors (Lipinski definition) is 4. The van der Waals surface area contributed by atoms with E-state index in [0.717, 1.165) is 5.57 Å². The first-order valence-electron chi connectivity index (χ1n) is 10.9. The van der Waals surface area contributed by atoms with Crippen LogP contribution in [0.3, 0.4) is 0 Å². The van der Waals surface area contributed by atoms with Crippen molar-refractivity contribution >= 4 is 17.4 Å². The maximum atomic E-state index is 14.9. The molecule has 0 saturated carbocycles. The highest BCUT2D eigenvalue weighted by molar-refractivity contribution is 5.94. The predicted octanol–water partition coefficient (Wildman–Crippen LogP) is 3.01. The molecule has 3 heterocycles. The number of hydrogen-bond donors (Lipinski definition) is 2. The first kappa shape index (κ1) is 22.7. The summed E-state index contributed by atoms with van der Waals surface area (Å²) in [6, 6.07) is 2.87. The molecule has 7 nitrogen and oxygen atoms in total. The van der Waals surface area contributed by atoms with Crippen LogP contribution >= 0.6 is 0 Å². The standard InChI is InChI=1S/C25H27FN4O3/c1-13(2)29(14(3)31)12-21-22(23(27)32)28-24-19-10-15(6-7-25(4,5)33)20(26)11-18(19)16-8-17(9-16)30(21)24/h8,10-11,13,17,33H,9,12H2,1-5H3,(H2,27,32). The van der Waals surface area contributed by atoms with Crippen molar-refractivity contribution < 1.29 is 19.1 Å². The normalized spacial score (nSPS) is 16.0. The van der Waals surface area contributed by atoms with Crippen LogP contribution in [0.4, 0.5) is 4.39 Å². The van der Waals surface area contributed by atoms with Crippen molar-refractivity contribution in [1.82, 2.24) is 14.5 Å². The summed E-state index contributed by atoms with van der Waals surface area (Å²) < 4.78 is 16.8. The summed E-state index contributed by atoms with van der Waals surface area (Å²) in [5, 5.41) is 9.93. The molecule has 1 aliphatic carbocycles. The number of halogens is 1. The topological polar surface area (TPSA) is 101 Å². The molecule has 1 atom stereocenters. The van der Waals surface area contributed by atoms with Crippen LogP contribution < -0.4 is 5.73 Å². The Morgan fingerprint density at radius 1 is 1.36 bits per heavy atom. The number of allylic oxidation sites excluding steroid dienone is 2. The number of nitrogens with two attached hydrogens (primary N) is 1. The summed E-state index contributed by atoms with van der Waals surface area (Å²) in [5.41, 5.74) is 7.49. The molecule has 0 spiro atoms. The number of amides is 2. The van der Waals surface area contributed by atoms with Crippen LogP contribution in [0.15, 0.2) is 18.2 Å². The van der Waals surface area contributed by atoms with Crippen LogP contribution in [0.5, 0.6) is 0 Å². The Kier molecular flexibility index (Phi) is 5.41. The molecule has 5 rings (SSSR count). The van der Waals surface area contributed by atoms with Crippen LogP contribution in [0.2, 0.25) is 0 Å². The fourth-order valence-corrected chi connectivity index (χ4v) is 4.31. The first-order valence-corrected chi connectivity index (χ1v) is 10.9. The summed E-state index contributed by atoms with van der Waals surface area (Å²) >= 11 is 0. The van der Waals surface area contributed by atoms with Gasteiger partial charge in [-0.2, -0.15) is 0 Å². The lowest BCUT2D eigenvalue weighted by molar-refractivity contribution is -0.131. The SMILES string of the molecule is CC(=O)N(Cc1c(C(N)=O)nc2n1C1C=C(C1)c1cc(F)c(C#CC(C)(C)O)cc1-2)C(C)C. The molecule has 0 radical (unpaired) electrons. The maximum Gasteiger partial charge on any atom is 0.269 e. The number of primary amides is 1. The fraction of sp³-hybridized carbons (Fsp3) is 0.400. The molecular weight excluding hydrogens is 423 g/mol. The number of rotatable bonds is 4. The van der Waals surface area contributed by atoms with Crippen LogP contribution in [-0.4, -0.2) is 43.0 Å². The number of aromatic nitrogens is 2. The molecule has 1 aromatic carbocycles. The van der Waals surface area contributed by atoms with Crippen LogP contribution in [0.1, 0.15) is 74.4 Å². The molecule has 3 N–H and O–H groups in total. The number of benzene rings is 1. The zero-order valence-corrected chi connectivity index (χ0v) is 19.4. The van der Waals surface area contributed by atoms with Gasteiger partial charge in [-0.25, -0.2) is 9.37 Å². The Bertz CT molecular complexity index is 1270. The monoisotopic (exact) mass is 450 g/mol. The second-order valence-corrected chi connectivity index (χ2v) is 9.36. The zero-order chi connectivity index (χ0) is 24.2. The van der Waals surface area contributed by atoms with Gasteiger partial charge in [0.25, 0.3) is 5.91 Å². The second-order valence-electron chi connectivity index (χ2n) is 9.36. The highest BCUT2D eigenvalue weighted by Crippen LogP contribution is 2.48. The number of imidazole rings is 1. The van der Waals surface area contributed by atoms with E-state index in [1.165, 1.54) is 26.8 Å². The van der Waals surface area contributed by atoms with E-state index in [4.69, 9.17) is 5.73 Å². The minimum absolute atomic E-state index is 0.0760. The van der Waals surface area contributed by atoms with E-state index in [1.807, 2.05) is 24.5 Å². The van der Waals surface area contributed by atoms with Gasteiger partial charge >= 0.3 is 0 Å².